The van der Waals surface area contributed by atoms with Crippen molar-refractivity contribution < 1.29 is 4.74 Å². The van der Waals surface area contributed by atoms with Gasteiger partial charge >= 0.3 is 0 Å². The van der Waals surface area contributed by atoms with Gasteiger partial charge < -0.3 is 4.74 Å². The third-order valence-electron chi connectivity index (χ3n) is 2.45. The first-order valence-corrected chi connectivity index (χ1v) is 5.78. The van der Waals surface area contributed by atoms with Crippen molar-refractivity contribution in [3.63, 3.8) is 0 Å². The van der Waals surface area contributed by atoms with Crippen LogP contribution < -0.4 is 0 Å². The van der Waals surface area contributed by atoms with Gasteiger partial charge in [-0.3, -0.25) is 0 Å². The second-order valence-corrected chi connectivity index (χ2v) is 4.04. The molecule has 0 aromatic heterocycles. The second-order valence-electron chi connectivity index (χ2n) is 3.39. The van der Waals surface area contributed by atoms with Crippen LogP contribution in [0.4, 0.5) is 0 Å². The summed E-state index contributed by atoms with van der Waals surface area (Å²) in [4.78, 5) is 0. The second kappa shape index (κ2) is 4.25. The van der Waals surface area contributed by atoms with Crippen LogP contribution >= 0.6 is 15.9 Å². The molecule has 1 aliphatic heterocycles. The number of hydrogen-bond donors (Lipinski definition) is 0. The fourth-order valence-electron chi connectivity index (χ4n) is 1.73. The van der Waals surface area contributed by atoms with Gasteiger partial charge in [-0.05, 0) is 18.4 Å². The number of benzene rings is 1. The molecular weight excluding hydrogens is 228 g/mol. The Kier molecular flexibility index (Phi) is 3.01. The first-order chi connectivity index (χ1) is 6.40. The summed E-state index contributed by atoms with van der Waals surface area (Å²) in [7, 11) is 0. The van der Waals surface area contributed by atoms with Gasteiger partial charge in [-0.1, -0.05) is 46.3 Å². The lowest BCUT2D eigenvalue weighted by Crippen LogP contribution is -2.07. The number of ether oxygens (including phenoxy) is 1. The molecule has 1 fully saturated rings. The van der Waals surface area contributed by atoms with Gasteiger partial charge in [0.2, 0.25) is 0 Å². The predicted molar refractivity (Wildman–Crippen MR) is 57.1 cm³/mol. The quantitative estimate of drug-likeness (QED) is 0.722. The maximum Gasteiger partial charge on any atom is 0.0830 e. The number of rotatable bonds is 2. The Bertz CT molecular complexity index is 260. The standard InChI is InChI=1S/C11H13BrO/c12-8-10-6-7-11(13-10)9-4-2-1-3-5-9/h1-5,10-11H,6-8H2. The van der Waals surface area contributed by atoms with Crippen LogP contribution in [0.2, 0.25) is 0 Å². The Labute approximate surface area is 87.2 Å². The molecule has 0 radical (unpaired) electrons. The van der Waals surface area contributed by atoms with Crippen LogP contribution in [0.15, 0.2) is 30.3 Å². The molecule has 0 bridgehead atoms. The maximum atomic E-state index is 5.85. The Balaban J connectivity index is 2.04. The highest BCUT2D eigenvalue weighted by Crippen LogP contribution is 2.32. The number of hydrogen-bond acceptors (Lipinski definition) is 1. The van der Waals surface area contributed by atoms with Crippen LogP contribution in [0.5, 0.6) is 0 Å². The van der Waals surface area contributed by atoms with Gasteiger partial charge in [0.05, 0.1) is 12.2 Å². The molecule has 0 aliphatic carbocycles. The molecule has 1 aromatic rings. The van der Waals surface area contributed by atoms with Crippen LogP contribution in [0.25, 0.3) is 0 Å². The summed E-state index contributed by atoms with van der Waals surface area (Å²) in [6.45, 7) is 0. The minimum absolute atomic E-state index is 0.323. The van der Waals surface area contributed by atoms with Gasteiger partial charge in [-0.15, -0.1) is 0 Å². The Hall–Kier alpha value is -0.340. The van der Waals surface area contributed by atoms with Crippen LogP contribution in [0, 0.1) is 0 Å². The lowest BCUT2D eigenvalue weighted by Gasteiger charge is -2.11. The third kappa shape index (κ3) is 2.12. The molecule has 0 amide bonds. The highest BCUT2D eigenvalue weighted by Gasteiger charge is 2.25. The summed E-state index contributed by atoms with van der Waals surface area (Å²) in [5, 5.41) is 0.955. The lowest BCUT2D eigenvalue weighted by molar-refractivity contribution is 0.0588. The van der Waals surface area contributed by atoms with Crippen molar-refractivity contribution in [2.75, 3.05) is 5.33 Å². The average molecular weight is 241 g/mol. The Morgan fingerprint density at radius 3 is 2.62 bits per heavy atom. The molecule has 0 spiro atoms. The SMILES string of the molecule is BrCC1CCC(c2ccccc2)O1. The van der Waals surface area contributed by atoms with Crippen molar-refractivity contribution in [1.82, 2.24) is 0 Å². The zero-order valence-corrected chi connectivity index (χ0v) is 9.03. The zero-order valence-electron chi connectivity index (χ0n) is 7.45. The predicted octanol–water partition coefficient (Wildman–Crippen LogP) is 3.30. The summed E-state index contributed by atoms with van der Waals surface area (Å²) < 4.78 is 5.85. The molecule has 70 valence electrons. The van der Waals surface area contributed by atoms with E-state index in [1.165, 1.54) is 12.0 Å². The van der Waals surface area contributed by atoms with E-state index in [2.05, 4.69) is 40.2 Å². The molecular formula is C11H13BrO. The topological polar surface area (TPSA) is 9.23 Å². The van der Waals surface area contributed by atoms with Crippen LogP contribution in [-0.4, -0.2) is 11.4 Å². The molecule has 1 nitrogen and oxygen atoms in total. The van der Waals surface area contributed by atoms with Gasteiger partial charge in [-0.25, -0.2) is 0 Å². The zero-order chi connectivity index (χ0) is 9.10. The highest BCUT2D eigenvalue weighted by atomic mass is 79.9. The van der Waals surface area contributed by atoms with Crippen LogP contribution in [0.3, 0.4) is 0 Å². The summed E-state index contributed by atoms with van der Waals surface area (Å²) in [6.07, 6.45) is 3.06. The van der Waals surface area contributed by atoms with E-state index < -0.39 is 0 Å². The number of halogens is 1. The van der Waals surface area contributed by atoms with E-state index in [0.717, 1.165) is 11.8 Å². The third-order valence-corrected chi connectivity index (χ3v) is 3.17. The van der Waals surface area contributed by atoms with Crippen molar-refractivity contribution in [3.05, 3.63) is 35.9 Å². The molecule has 0 N–H and O–H groups in total. The first kappa shape index (κ1) is 9.22. The highest BCUT2D eigenvalue weighted by molar-refractivity contribution is 9.09. The number of alkyl halides is 1. The van der Waals surface area contributed by atoms with E-state index in [1.54, 1.807) is 0 Å². The van der Waals surface area contributed by atoms with Gasteiger partial charge in [-0.2, -0.15) is 0 Å². The van der Waals surface area contributed by atoms with Gasteiger partial charge in [0.15, 0.2) is 0 Å². The average Bonchev–Trinajstić information content (AvgIpc) is 2.67. The van der Waals surface area contributed by atoms with Crippen molar-refractivity contribution in [1.29, 1.82) is 0 Å². The Morgan fingerprint density at radius 2 is 2.00 bits per heavy atom. The van der Waals surface area contributed by atoms with Crippen LogP contribution in [-0.2, 0) is 4.74 Å². The summed E-state index contributed by atoms with van der Waals surface area (Å²) in [6, 6.07) is 10.5. The fourth-order valence-corrected chi connectivity index (χ4v) is 2.21. The van der Waals surface area contributed by atoms with E-state index in [9.17, 15) is 0 Å². The normalized spacial score (nSPS) is 27.8. The molecule has 1 aliphatic rings. The van der Waals surface area contributed by atoms with E-state index in [0.29, 0.717) is 12.2 Å². The molecule has 1 aromatic carbocycles. The van der Waals surface area contributed by atoms with Gasteiger partial charge in [0.1, 0.15) is 0 Å². The summed E-state index contributed by atoms with van der Waals surface area (Å²) >= 11 is 3.45. The first-order valence-electron chi connectivity index (χ1n) is 4.66. The molecule has 2 rings (SSSR count). The minimum Gasteiger partial charge on any atom is -0.369 e. The van der Waals surface area contributed by atoms with E-state index >= 15 is 0 Å². The summed E-state index contributed by atoms with van der Waals surface area (Å²) in [5.41, 5.74) is 1.31. The fraction of sp³-hybridized carbons (Fsp3) is 0.455. The Morgan fingerprint density at radius 1 is 1.23 bits per heavy atom. The van der Waals surface area contributed by atoms with E-state index in [1.807, 2.05) is 6.07 Å². The van der Waals surface area contributed by atoms with E-state index in [-0.39, 0.29) is 0 Å². The van der Waals surface area contributed by atoms with Crippen LogP contribution in [0.1, 0.15) is 24.5 Å². The molecule has 2 unspecified atom stereocenters. The van der Waals surface area contributed by atoms with Gasteiger partial charge in [0, 0.05) is 5.33 Å². The van der Waals surface area contributed by atoms with Gasteiger partial charge in [0.25, 0.3) is 0 Å². The lowest BCUT2D eigenvalue weighted by atomic mass is 10.1. The molecule has 1 heterocycles. The molecule has 13 heavy (non-hydrogen) atoms. The van der Waals surface area contributed by atoms with Crippen molar-refractivity contribution in [3.8, 4) is 0 Å². The summed E-state index contributed by atoms with van der Waals surface area (Å²) in [5.74, 6) is 0. The minimum atomic E-state index is 0.323. The molecule has 2 heteroatoms. The van der Waals surface area contributed by atoms with Crippen molar-refractivity contribution >= 4 is 15.9 Å². The van der Waals surface area contributed by atoms with Crippen molar-refractivity contribution in [2.24, 2.45) is 0 Å². The molecule has 2 atom stereocenters. The molecule has 0 saturated carbocycles. The largest absolute Gasteiger partial charge is 0.369 e. The van der Waals surface area contributed by atoms with Crippen molar-refractivity contribution in [2.45, 2.75) is 25.0 Å². The maximum absolute atomic E-state index is 5.85. The smallest absolute Gasteiger partial charge is 0.0830 e. The van der Waals surface area contributed by atoms with E-state index in [4.69, 9.17) is 4.74 Å². The molecule has 1 saturated heterocycles. The monoisotopic (exact) mass is 240 g/mol.